The number of rotatable bonds is 9. The molecule has 0 aliphatic rings. The van der Waals surface area contributed by atoms with Crippen LogP contribution in [-0.4, -0.2) is 48.9 Å². The molecule has 0 aliphatic carbocycles. The van der Waals surface area contributed by atoms with E-state index in [-0.39, 0.29) is 11.3 Å². The molecule has 0 fully saturated rings. The number of hydrogen-bond donors (Lipinski definition) is 3. The van der Waals surface area contributed by atoms with Gasteiger partial charge in [0.25, 0.3) is 11.8 Å². The van der Waals surface area contributed by atoms with E-state index in [9.17, 15) is 22.8 Å². The van der Waals surface area contributed by atoms with Gasteiger partial charge in [0.1, 0.15) is 0 Å². The van der Waals surface area contributed by atoms with Crippen LogP contribution in [0.15, 0.2) is 60.9 Å². The lowest BCUT2D eigenvalue weighted by atomic mass is 10.1. The molecule has 0 saturated heterocycles. The third kappa shape index (κ3) is 7.54. The van der Waals surface area contributed by atoms with Crippen molar-refractivity contribution in [3.8, 4) is 0 Å². The van der Waals surface area contributed by atoms with Gasteiger partial charge in [0.05, 0.1) is 29.3 Å². The predicted molar refractivity (Wildman–Crippen MR) is 134 cm³/mol. The number of nitrogens with one attached hydrogen (secondary N) is 3. The summed E-state index contributed by atoms with van der Waals surface area (Å²) < 4.78 is 38.9. The summed E-state index contributed by atoms with van der Waals surface area (Å²) in [7, 11) is 4.01. The van der Waals surface area contributed by atoms with E-state index in [1.807, 2.05) is 14.1 Å². The molecular formula is C26H28F3N5O2. The zero-order valence-corrected chi connectivity index (χ0v) is 20.2. The lowest BCUT2D eigenvalue weighted by molar-refractivity contribution is -0.137. The summed E-state index contributed by atoms with van der Waals surface area (Å²) in [6, 6.07) is 10.6. The molecule has 2 aromatic carbocycles. The van der Waals surface area contributed by atoms with Crippen molar-refractivity contribution in [2.24, 2.45) is 0 Å². The summed E-state index contributed by atoms with van der Waals surface area (Å²) in [6.07, 6.45) is -0.418. The van der Waals surface area contributed by atoms with Crippen molar-refractivity contribution in [1.82, 2.24) is 9.88 Å². The molecule has 0 radical (unpaired) electrons. The Morgan fingerprint density at radius 1 is 0.917 bits per heavy atom. The molecule has 1 aromatic heterocycles. The van der Waals surface area contributed by atoms with Gasteiger partial charge in [0.15, 0.2) is 0 Å². The molecule has 0 bridgehead atoms. The Bertz CT molecular complexity index is 1230. The van der Waals surface area contributed by atoms with Gasteiger partial charge in [-0.05, 0) is 75.9 Å². The zero-order chi connectivity index (χ0) is 26.3. The number of nitrogens with zero attached hydrogens (tertiary/aromatic N) is 2. The molecule has 0 spiro atoms. The normalized spacial score (nSPS) is 11.3. The van der Waals surface area contributed by atoms with E-state index in [4.69, 9.17) is 0 Å². The van der Waals surface area contributed by atoms with E-state index < -0.39 is 23.6 Å². The fourth-order valence-corrected chi connectivity index (χ4v) is 3.42. The minimum Gasteiger partial charge on any atom is -0.384 e. The standard InChI is InChI=1S/C26H28F3N5O2/c1-17-8-9-20(32-24(35)18-6-4-7-19(12-18)26(27,28)29)14-23(17)25(36)33-22-13-21(15-30-16-22)31-10-5-11-34(2)3/h4,6-9,12-16,31H,5,10-11H2,1-3H3,(H,32,35)(H,33,36). The van der Waals surface area contributed by atoms with Crippen molar-refractivity contribution in [3.05, 3.63) is 83.2 Å². The van der Waals surface area contributed by atoms with Gasteiger partial charge < -0.3 is 20.9 Å². The maximum absolute atomic E-state index is 13.0. The maximum Gasteiger partial charge on any atom is 0.416 e. The Hall–Kier alpha value is -3.92. The lowest BCUT2D eigenvalue weighted by Gasteiger charge is -2.13. The Kier molecular flexibility index (Phi) is 8.65. The summed E-state index contributed by atoms with van der Waals surface area (Å²) in [5.41, 5.74) is 1.46. The molecule has 10 heteroatoms. The van der Waals surface area contributed by atoms with E-state index >= 15 is 0 Å². The highest BCUT2D eigenvalue weighted by Gasteiger charge is 2.30. The summed E-state index contributed by atoms with van der Waals surface area (Å²) in [5, 5.41) is 8.62. The van der Waals surface area contributed by atoms with Gasteiger partial charge in [-0.1, -0.05) is 12.1 Å². The maximum atomic E-state index is 13.0. The Labute approximate surface area is 207 Å². The molecule has 0 unspecified atom stereocenters. The summed E-state index contributed by atoms with van der Waals surface area (Å²) in [4.78, 5) is 31.7. The average molecular weight is 500 g/mol. The van der Waals surface area contributed by atoms with Crippen molar-refractivity contribution in [2.75, 3.05) is 43.1 Å². The first-order chi connectivity index (χ1) is 17.0. The SMILES string of the molecule is Cc1ccc(NC(=O)c2cccc(C(F)(F)F)c2)cc1C(=O)Nc1cncc(NCCCN(C)C)c1. The monoisotopic (exact) mass is 499 g/mol. The first-order valence-corrected chi connectivity index (χ1v) is 11.3. The fourth-order valence-electron chi connectivity index (χ4n) is 3.42. The van der Waals surface area contributed by atoms with E-state index in [0.29, 0.717) is 16.8 Å². The van der Waals surface area contributed by atoms with Gasteiger partial charge in [-0.3, -0.25) is 14.6 Å². The van der Waals surface area contributed by atoms with Gasteiger partial charge in [0, 0.05) is 23.4 Å². The molecule has 0 aliphatic heterocycles. The van der Waals surface area contributed by atoms with Crippen molar-refractivity contribution >= 4 is 28.9 Å². The average Bonchev–Trinajstić information content (AvgIpc) is 2.82. The number of carbonyl (C=O) groups is 2. The molecule has 7 nitrogen and oxygen atoms in total. The minimum absolute atomic E-state index is 0.141. The number of alkyl halides is 3. The van der Waals surface area contributed by atoms with E-state index in [1.54, 1.807) is 31.3 Å². The van der Waals surface area contributed by atoms with Crippen LogP contribution in [-0.2, 0) is 6.18 Å². The number of pyridine rings is 1. The quantitative estimate of drug-likeness (QED) is 0.349. The van der Waals surface area contributed by atoms with Gasteiger partial charge in [0.2, 0.25) is 0 Å². The Morgan fingerprint density at radius 3 is 2.36 bits per heavy atom. The number of benzene rings is 2. The number of anilines is 3. The first kappa shape index (κ1) is 26.7. The van der Waals surface area contributed by atoms with Crippen molar-refractivity contribution in [2.45, 2.75) is 19.5 Å². The highest BCUT2D eigenvalue weighted by atomic mass is 19.4. The molecule has 3 N–H and O–H groups in total. The smallest absolute Gasteiger partial charge is 0.384 e. The number of carbonyl (C=O) groups excluding carboxylic acids is 2. The molecular weight excluding hydrogens is 471 g/mol. The number of halogens is 3. The summed E-state index contributed by atoms with van der Waals surface area (Å²) >= 11 is 0. The van der Waals surface area contributed by atoms with Gasteiger partial charge in [-0.15, -0.1) is 0 Å². The second-order valence-electron chi connectivity index (χ2n) is 8.56. The lowest BCUT2D eigenvalue weighted by Crippen LogP contribution is -2.17. The second kappa shape index (κ2) is 11.7. The number of aromatic nitrogens is 1. The van der Waals surface area contributed by atoms with Gasteiger partial charge in [-0.2, -0.15) is 13.2 Å². The van der Waals surface area contributed by atoms with Crippen LogP contribution in [0.25, 0.3) is 0 Å². The van der Waals surface area contributed by atoms with Gasteiger partial charge in [-0.25, -0.2) is 0 Å². The molecule has 3 rings (SSSR count). The molecule has 190 valence electrons. The zero-order valence-electron chi connectivity index (χ0n) is 20.2. The van der Waals surface area contributed by atoms with E-state index in [0.717, 1.165) is 37.3 Å². The topological polar surface area (TPSA) is 86.4 Å². The summed E-state index contributed by atoms with van der Waals surface area (Å²) in [6.45, 7) is 3.44. The molecule has 0 saturated carbocycles. The molecule has 2 amide bonds. The molecule has 1 heterocycles. The predicted octanol–water partition coefficient (Wildman–Crippen LogP) is 5.28. The number of hydrogen-bond acceptors (Lipinski definition) is 5. The van der Waals surface area contributed by atoms with Crippen molar-refractivity contribution in [1.29, 1.82) is 0 Å². The van der Waals surface area contributed by atoms with Crippen LogP contribution in [0, 0.1) is 6.92 Å². The van der Waals surface area contributed by atoms with Gasteiger partial charge >= 0.3 is 6.18 Å². The minimum atomic E-state index is -4.56. The highest BCUT2D eigenvalue weighted by molar-refractivity contribution is 6.08. The highest BCUT2D eigenvalue weighted by Crippen LogP contribution is 2.29. The Balaban J connectivity index is 1.68. The second-order valence-corrected chi connectivity index (χ2v) is 8.56. The van der Waals surface area contributed by atoms with Crippen LogP contribution in [0.1, 0.15) is 38.3 Å². The van der Waals surface area contributed by atoms with Crippen LogP contribution in [0.3, 0.4) is 0 Å². The fraction of sp³-hybridized carbons (Fsp3) is 0.269. The van der Waals surface area contributed by atoms with Crippen LogP contribution in [0.4, 0.5) is 30.2 Å². The van der Waals surface area contributed by atoms with Crippen LogP contribution in [0.5, 0.6) is 0 Å². The van der Waals surface area contributed by atoms with Crippen molar-refractivity contribution < 1.29 is 22.8 Å². The van der Waals surface area contributed by atoms with Crippen LogP contribution < -0.4 is 16.0 Å². The first-order valence-electron chi connectivity index (χ1n) is 11.3. The van der Waals surface area contributed by atoms with E-state index in [2.05, 4.69) is 25.8 Å². The Morgan fingerprint density at radius 2 is 1.64 bits per heavy atom. The summed E-state index contributed by atoms with van der Waals surface area (Å²) in [5.74, 6) is -1.12. The third-order valence-corrected chi connectivity index (χ3v) is 5.30. The van der Waals surface area contributed by atoms with Crippen LogP contribution in [0.2, 0.25) is 0 Å². The molecule has 36 heavy (non-hydrogen) atoms. The largest absolute Gasteiger partial charge is 0.416 e. The van der Waals surface area contributed by atoms with Crippen molar-refractivity contribution in [3.63, 3.8) is 0 Å². The van der Waals surface area contributed by atoms with E-state index in [1.165, 1.54) is 24.4 Å². The number of aryl methyl sites for hydroxylation is 1. The molecule has 3 aromatic rings. The third-order valence-electron chi connectivity index (χ3n) is 5.30. The molecule has 0 atom stereocenters. The van der Waals surface area contributed by atoms with Crippen LogP contribution >= 0.6 is 0 Å². The number of amides is 2.